The molecule has 0 aliphatic rings. The maximum absolute atomic E-state index is 12.5. The van der Waals surface area contributed by atoms with E-state index in [1.165, 1.54) is 12.1 Å². The molecule has 0 spiro atoms. The first-order valence-corrected chi connectivity index (χ1v) is 3.12. The second-order valence-electron chi connectivity index (χ2n) is 1.79. The van der Waals surface area contributed by atoms with Gasteiger partial charge in [-0.2, -0.15) is 0 Å². The van der Waals surface area contributed by atoms with Gasteiger partial charge in [0.25, 0.3) is 0 Å². The van der Waals surface area contributed by atoms with E-state index >= 15 is 0 Å². The Bertz CT molecular complexity index is 211. The molecule has 1 aromatic heterocycles. The van der Waals surface area contributed by atoms with Crippen LogP contribution < -0.4 is 0 Å². The molecule has 1 aromatic rings. The van der Waals surface area contributed by atoms with Crippen LogP contribution in [0.15, 0.2) is 16.5 Å². The van der Waals surface area contributed by atoms with Gasteiger partial charge >= 0.3 is 0 Å². The minimum atomic E-state index is -1.47. The Morgan fingerprint density at radius 3 is 2.80 bits per heavy atom. The van der Waals surface area contributed by atoms with Crippen LogP contribution in [-0.4, -0.2) is 11.7 Å². The van der Waals surface area contributed by atoms with E-state index in [9.17, 15) is 4.39 Å². The van der Waals surface area contributed by atoms with E-state index in [-0.39, 0.29) is 11.0 Å². The summed E-state index contributed by atoms with van der Waals surface area (Å²) in [4.78, 5) is 0. The Morgan fingerprint density at radius 2 is 2.40 bits per heavy atom. The van der Waals surface area contributed by atoms with E-state index in [1.54, 1.807) is 0 Å². The molecule has 10 heavy (non-hydrogen) atoms. The summed E-state index contributed by atoms with van der Waals surface area (Å²) in [6, 6.07) is 2.82. The van der Waals surface area contributed by atoms with Crippen molar-refractivity contribution in [3.63, 3.8) is 0 Å². The van der Waals surface area contributed by atoms with Crippen molar-refractivity contribution in [3.05, 3.63) is 23.1 Å². The predicted molar refractivity (Wildman–Crippen MR) is 34.7 cm³/mol. The van der Waals surface area contributed by atoms with Crippen LogP contribution in [0, 0.1) is 0 Å². The molecule has 56 valence electrons. The van der Waals surface area contributed by atoms with E-state index in [4.69, 9.17) is 16.7 Å². The SMILES string of the molecule is OCC(F)c1ccc(Cl)o1. The summed E-state index contributed by atoms with van der Waals surface area (Å²) in [7, 11) is 0. The van der Waals surface area contributed by atoms with Gasteiger partial charge in [0.2, 0.25) is 0 Å². The number of rotatable bonds is 2. The number of alkyl halides is 1. The van der Waals surface area contributed by atoms with Gasteiger partial charge in [-0.25, -0.2) is 4.39 Å². The number of aliphatic hydroxyl groups excluding tert-OH is 1. The summed E-state index contributed by atoms with van der Waals surface area (Å²) >= 11 is 5.35. The van der Waals surface area contributed by atoms with Crippen LogP contribution >= 0.6 is 11.6 Å². The summed E-state index contributed by atoms with van der Waals surface area (Å²) in [5, 5.41) is 8.45. The lowest BCUT2D eigenvalue weighted by atomic mass is 10.3. The quantitative estimate of drug-likeness (QED) is 0.725. The highest BCUT2D eigenvalue weighted by atomic mass is 35.5. The average molecular weight is 165 g/mol. The van der Waals surface area contributed by atoms with Crippen molar-refractivity contribution >= 4 is 11.6 Å². The highest BCUT2D eigenvalue weighted by molar-refractivity contribution is 6.28. The number of furan rings is 1. The number of hydrogen-bond acceptors (Lipinski definition) is 2. The van der Waals surface area contributed by atoms with Crippen LogP contribution in [0.4, 0.5) is 4.39 Å². The molecule has 2 nitrogen and oxygen atoms in total. The summed E-state index contributed by atoms with van der Waals surface area (Å²) in [6.07, 6.45) is -1.47. The van der Waals surface area contributed by atoms with Crippen LogP contribution in [-0.2, 0) is 0 Å². The minimum Gasteiger partial charge on any atom is -0.447 e. The molecule has 0 bridgehead atoms. The van der Waals surface area contributed by atoms with E-state index in [0.29, 0.717) is 0 Å². The van der Waals surface area contributed by atoms with Crippen LogP contribution in [0.2, 0.25) is 5.22 Å². The van der Waals surface area contributed by atoms with E-state index in [1.807, 2.05) is 0 Å². The topological polar surface area (TPSA) is 33.4 Å². The molecule has 0 aliphatic heterocycles. The van der Waals surface area contributed by atoms with Crippen LogP contribution in [0.25, 0.3) is 0 Å². The number of aliphatic hydroxyl groups is 1. The second-order valence-corrected chi connectivity index (χ2v) is 2.16. The standard InChI is InChI=1S/C6H6ClFO2/c7-6-2-1-5(10-6)4(8)3-9/h1-2,4,9H,3H2. The third kappa shape index (κ3) is 1.49. The molecular weight excluding hydrogens is 159 g/mol. The first-order chi connectivity index (χ1) is 4.74. The fourth-order valence-electron chi connectivity index (χ4n) is 0.587. The van der Waals surface area contributed by atoms with Crippen molar-refractivity contribution in [1.29, 1.82) is 0 Å². The Labute approximate surface area is 62.2 Å². The number of halogens is 2. The maximum Gasteiger partial charge on any atom is 0.193 e. The fourth-order valence-corrected chi connectivity index (χ4v) is 0.739. The van der Waals surface area contributed by atoms with Gasteiger partial charge in [0, 0.05) is 0 Å². The zero-order chi connectivity index (χ0) is 7.56. The molecule has 0 amide bonds. The number of hydrogen-bond donors (Lipinski definition) is 1. The fraction of sp³-hybridized carbons (Fsp3) is 0.333. The van der Waals surface area contributed by atoms with Crippen molar-refractivity contribution in [2.24, 2.45) is 0 Å². The van der Waals surface area contributed by atoms with Crippen molar-refractivity contribution in [1.82, 2.24) is 0 Å². The van der Waals surface area contributed by atoms with Gasteiger partial charge in [0.05, 0.1) is 6.61 Å². The summed E-state index contributed by atoms with van der Waals surface area (Å²) in [6.45, 7) is -0.580. The average Bonchev–Trinajstić information content (AvgIpc) is 2.34. The minimum absolute atomic E-state index is 0.0625. The molecule has 1 unspecified atom stereocenters. The Hall–Kier alpha value is -0.540. The van der Waals surface area contributed by atoms with Gasteiger partial charge in [-0.1, -0.05) is 0 Å². The molecule has 1 atom stereocenters. The molecule has 0 fully saturated rings. The molecule has 1 heterocycles. The zero-order valence-electron chi connectivity index (χ0n) is 5.05. The third-order valence-corrected chi connectivity index (χ3v) is 1.27. The van der Waals surface area contributed by atoms with Crippen molar-refractivity contribution in [3.8, 4) is 0 Å². The summed E-state index contributed by atoms with van der Waals surface area (Å²) < 4.78 is 17.1. The molecule has 4 heteroatoms. The third-order valence-electron chi connectivity index (χ3n) is 1.06. The van der Waals surface area contributed by atoms with Gasteiger partial charge in [0.1, 0.15) is 5.76 Å². The molecule has 0 saturated heterocycles. The van der Waals surface area contributed by atoms with E-state index in [2.05, 4.69) is 4.42 Å². The lowest BCUT2D eigenvalue weighted by Gasteiger charge is -1.96. The van der Waals surface area contributed by atoms with Gasteiger partial charge in [-0.05, 0) is 23.7 Å². The van der Waals surface area contributed by atoms with Crippen LogP contribution in [0.3, 0.4) is 0 Å². The second kappa shape index (κ2) is 3.03. The highest BCUT2D eigenvalue weighted by Gasteiger charge is 2.11. The summed E-state index contributed by atoms with van der Waals surface area (Å²) in [5.74, 6) is 0.0625. The summed E-state index contributed by atoms with van der Waals surface area (Å²) in [5.41, 5.74) is 0. The molecular formula is C6H6ClFO2. The maximum atomic E-state index is 12.5. The molecule has 0 saturated carbocycles. The monoisotopic (exact) mass is 164 g/mol. The lowest BCUT2D eigenvalue weighted by Crippen LogP contribution is -1.93. The molecule has 1 rings (SSSR count). The first kappa shape index (κ1) is 7.57. The smallest absolute Gasteiger partial charge is 0.193 e. The predicted octanol–water partition coefficient (Wildman–Crippen LogP) is 1.94. The van der Waals surface area contributed by atoms with Crippen molar-refractivity contribution in [2.75, 3.05) is 6.61 Å². The van der Waals surface area contributed by atoms with Crippen molar-refractivity contribution in [2.45, 2.75) is 6.17 Å². The molecule has 0 aliphatic carbocycles. The Morgan fingerprint density at radius 1 is 1.70 bits per heavy atom. The highest BCUT2D eigenvalue weighted by Crippen LogP contribution is 2.21. The Balaban J connectivity index is 2.74. The lowest BCUT2D eigenvalue weighted by molar-refractivity contribution is 0.159. The zero-order valence-corrected chi connectivity index (χ0v) is 5.81. The first-order valence-electron chi connectivity index (χ1n) is 2.74. The van der Waals surface area contributed by atoms with Crippen molar-refractivity contribution < 1.29 is 13.9 Å². The van der Waals surface area contributed by atoms with Crippen LogP contribution in [0.5, 0.6) is 0 Å². The van der Waals surface area contributed by atoms with Gasteiger partial charge < -0.3 is 9.52 Å². The Kier molecular flexibility index (Phi) is 2.29. The molecule has 1 N–H and O–H groups in total. The molecule has 0 aromatic carbocycles. The largest absolute Gasteiger partial charge is 0.447 e. The van der Waals surface area contributed by atoms with E-state index < -0.39 is 12.8 Å². The van der Waals surface area contributed by atoms with Gasteiger partial charge in [0.15, 0.2) is 11.4 Å². The normalized spacial score (nSPS) is 13.5. The van der Waals surface area contributed by atoms with Gasteiger partial charge in [-0.15, -0.1) is 0 Å². The van der Waals surface area contributed by atoms with E-state index in [0.717, 1.165) is 0 Å². The van der Waals surface area contributed by atoms with Crippen LogP contribution in [0.1, 0.15) is 11.9 Å². The van der Waals surface area contributed by atoms with Gasteiger partial charge in [-0.3, -0.25) is 0 Å². The molecule has 0 radical (unpaired) electrons.